The van der Waals surface area contributed by atoms with Gasteiger partial charge in [-0.3, -0.25) is 4.72 Å². The van der Waals surface area contributed by atoms with E-state index in [1.807, 2.05) is 18.4 Å². The molecule has 38 heavy (non-hydrogen) atoms. The number of aromatic hydroxyl groups is 1. The van der Waals surface area contributed by atoms with Crippen molar-refractivity contribution in [2.75, 3.05) is 11.3 Å². The number of aliphatic hydroxyl groups excluding tert-OH is 1. The van der Waals surface area contributed by atoms with Gasteiger partial charge in [-0.2, -0.15) is 0 Å². The monoisotopic (exact) mass is 538 g/mol. The normalized spacial score (nSPS) is 12.9. The van der Waals surface area contributed by atoms with Crippen LogP contribution in [0.5, 0.6) is 5.75 Å². The summed E-state index contributed by atoms with van der Waals surface area (Å²) in [5.41, 5.74) is 1.42. The van der Waals surface area contributed by atoms with Gasteiger partial charge in [0.05, 0.1) is 28.4 Å². The number of β-amino-alcohol motifs (C(OH)–C–C–N with tert-alkyl or cyclic N) is 1. The number of carboxylic acids is 1. The predicted octanol–water partition coefficient (Wildman–Crippen LogP) is 3.73. The summed E-state index contributed by atoms with van der Waals surface area (Å²) in [7, 11) is -3.74. The topological polar surface area (TPSA) is 154 Å². The molecule has 0 aliphatic carbocycles. The van der Waals surface area contributed by atoms with Gasteiger partial charge in [0.25, 0.3) is 10.0 Å². The van der Waals surface area contributed by atoms with Crippen LogP contribution in [-0.2, 0) is 16.6 Å². The number of nitrogens with one attached hydrogen (secondary N) is 2. The number of aromatic carboxylic acids is 1. The lowest BCUT2D eigenvalue weighted by Gasteiger charge is -2.28. The number of carboxylic acid groups (broad SMARTS) is 1. The molecular formula is C27H30N4O6S. The van der Waals surface area contributed by atoms with E-state index in [-0.39, 0.29) is 22.8 Å². The maximum absolute atomic E-state index is 12.6. The molecule has 0 saturated heterocycles. The summed E-state index contributed by atoms with van der Waals surface area (Å²) in [5.74, 6) is -1.54. The van der Waals surface area contributed by atoms with Gasteiger partial charge in [0.2, 0.25) is 0 Å². The van der Waals surface area contributed by atoms with Crippen molar-refractivity contribution < 1.29 is 28.5 Å². The van der Waals surface area contributed by atoms with Gasteiger partial charge in [0.1, 0.15) is 11.3 Å². The molecule has 0 spiro atoms. The van der Waals surface area contributed by atoms with Crippen LogP contribution in [0.2, 0.25) is 0 Å². The second-order valence-corrected chi connectivity index (χ2v) is 11.4. The Bertz CT molecular complexity index is 1550. The summed E-state index contributed by atoms with van der Waals surface area (Å²) in [6, 6.07) is 17.4. The number of sulfonamides is 1. The average Bonchev–Trinajstić information content (AvgIpc) is 3.27. The molecule has 4 rings (SSSR count). The second kappa shape index (κ2) is 10.8. The highest BCUT2D eigenvalue weighted by molar-refractivity contribution is 7.92. The van der Waals surface area contributed by atoms with Crippen molar-refractivity contribution in [3.63, 3.8) is 0 Å². The fourth-order valence-electron chi connectivity index (χ4n) is 4.05. The Morgan fingerprint density at radius 3 is 2.53 bits per heavy atom. The summed E-state index contributed by atoms with van der Waals surface area (Å²) in [4.78, 5) is 15.6. The first kappa shape index (κ1) is 27.1. The zero-order chi connectivity index (χ0) is 27.5. The molecule has 0 radical (unpaired) electrons. The zero-order valence-corrected chi connectivity index (χ0v) is 21.8. The van der Waals surface area contributed by atoms with Crippen molar-refractivity contribution in [1.29, 1.82) is 0 Å². The van der Waals surface area contributed by atoms with E-state index in [4.69, 9.17) is 0 Å². The van der Waals surface area contributed by atoms with Crippen molar-refractivity contribution >= 4 is 32.7 Å². The lowest BCUT2D eigenvalue weighted by molar-refractivity contribution is 0.0694. The summed E-state index contributed by atoms with van der Waals surface area (Å²) in [6.45, 7) is 4.75. The van der Waals surface area contributed by atoms with Crippen molar-refractivity contribution in [1.82, 2.24) is 14.9 Å². The average molecular weight is 539 g/mol. The number of nitrogens with zero attached hydrogens (tertiary/aromatic N) is 2. The van der Waals surface area contributed by atoms with Crippen LogP contribution in [0.3, 0.4) is 0 Å². The largest absolute Gasteiger partial charge is 0.507 e. The second-order valence-electron chi connectivity index (χ2n) is 9.68. The highest BCUT2D eigenvalue weighted by Crippen LogP contribution is 2.26. The first-order valence-corrected chi connectivity index (χ1v) is 13.5. The van der Waals surface area contributed by atoms with Crippen LogP contribution in [0.15, 0.2) is 78.0 Å². The van der Waals surface area contributed by atoms with E-state index in [0.29, 0.717) is 35.2 Å². The Balaban J connectivity index is 1.37. The lowest BCUT2D eigenvalue weighted by Crippen LogP contribution is -2.42. The van der Waals surface area contributed by atoms with Crippen molar-refractivity contribution in [3.05, 3.63) is 84.2 Å². The van der Waals surface area contributed by atoms with Gasteiger partial charge in [-0.25, -0.2) is 18.2 Å². The molecule has 0 amide bonds. The fourth-order valence-corrected chi connectivity index (χ4v) is 5.12. The first-order chi connectivity index (χ1) is 17.9. The maximum atomic E-state index is 12.6. The summed E-state index contributed by atoms with van der Waals surface area (Å²) < 4.78 is 29.6. The third-order valence-corrected chi connectivity index (χ3v) is 7.69. The number of fused-ring (bicyclic) bond motifs is 1. The summed E-state index contributed by atoms with van der Waals surface area (Å²) >= 11 is 0. The van der Waals surface area contributed by atoms with Crippen LogP contribution in [0.1, 0.15) is 42.3 Å². The van der Waals surface area contributed by atoms with Gasteiger partial charge in [-0.15, -0.1) is 0 Å². The molecule has 1 heterocycles. The molecule has 11 heteroatoms. The molecular weight excluding hydrogens is 508 g/mol. The lowest BCUT2D eigenvalue weighted by atomic mass is 9.99. The molecule has 0 fully saturated rings. The number of benzene rings is 3. The molecule has 5 N–H and O–H groups in total. The number of imidazole rings is 1. The van der Waals surface area contributed by atoms with E-state index in [0.717, 1.165) is 0 Å². The van der Waals surface area contributed by atoms with E-state index >= 15 is 0 Å². The van der Waals surface area contributed by atoms with Crippen molar-refractivity contribution in [3.8, 4) is 5.75 Å². The van der Waals surface area contributed by atoms with E-state index in [9.17, 15) is 28.5 Å². The van der Waals surface area contributed by atoms with Crippen LogP contribution in [-0.4, -0.2) is 51.3 Å². The standard InChI is InChI=1S/C27H30N4O6S/c1-27(2,11-12-31-17-28-22-14-21(26(34)35)24(32)15-23(22)31)29-16-25(33)18-7-6-8-19(13-18)30-38(36,37)20-9-4-3-5-10-20/h3-10,13-15,17,25,29-30,32-33H,11-12,16H2,1-2H3,(H,34,35)/t25-/m1/s1. The Hall–Kier alpha value is -3.93. The molecule has 0 saturated carbocycles. The molecule has 1 aromatic heterocycles. The van der Waals surface area contributed by atoms with E-state index < -0.39 is 27.6 Å². The third kappa shape index (κ3) is 6.31. The molecule has 10 nitrogen and oxygen atoms in total. The molecule has 4 aromatic rings. The van der Waals surface area contributed by atoms with E-state index in [2.05, 4.69) is 15.0 Å². The molecule has 3 aromatic carbocycles. The number of anilines is 1. The molecule has 200 valence electrons. The summed E-state index contributed by atoms with van der Waals surface area (Å²) in [6.07, 6.45) is 1.36. The number of aliphatic hydroxyl groups is 1. The summed E-state index contributed by atoms with van der Waals surface area (Å²) in [5, 5.41) is 33.4. The maximum Gasteiger partial charge on any atom is 0.339 e. The van der Waals surface area contributed by atoms with Gasteiger partial charge in [-0.1, -0.05) is 30.3 Å². The van der Waals surface area contributed by atoms with E-state index in [1.165, 1.54) is 24.3 Å². The minimum Gasteiger partial charge on any atom is -0.507 e. The number of carbonyl (C=O) groups is 1. The van der Waals surface area contributed by atoms with Crippen LogP contribution < -0.4 is 10.0 Å². The van der Waals surface area contributed by atoms with E-state index in [1.54, 1.807) is 48.8 Å². The number of hydrogen-bond acceptors (Lipinski definition) is 7. The SMILES string of the molecule is CC(C)(CCn1cnc2cc(C(=O)O)c(O)cc21)NC[C@@H](O)c1cccc(NS(=O)(=O)c2ccccc2)c1. The van der Waals surface area contributed by atoms with Gasteiger partial charge in [0, 0.05) is 30.4 Å². The van der Waals surface area contributed by atoms with Gasteiger partial charge >= 0.3 is 5.97 Å². The zero-order valence-electron chi connectivity index (χ0n) is 21.0. The van der Waals surface area contributed by atoms with Crippen LogP contribution in [0, 0.1) is 0 Å². The van der Waals surface area contributed by atoms with Crippen LogP contribution in [0.25, 0.3) is 11.0 Å². The number of phenols is 1. The smallest absolute Gasteiger partial charge is 0.339 e. The van der Waals surface area contributed by atoms with Gasteiger partial charge in [-0.05, 0) is 56.2 Å². The molecule has 0 aliphatic heterocycles. The van der Waals surface area contributed by atoms with Crippen LogP contribution >= 0.6 is 0 Å². The first-order valence-electron chi connectivity index (χ1n) is 12.0. The quantitative estimate of drug-likeness (QED) is 0.194. The predicted molar refractivity (Wildman–Crippen MR) is 144 cm³/mol. The number of aromatic nitrogens is 2. The Kier molecular flexibility index (Phi) is 7.72. The Labute approximate surface area is 220 Å². The fraction of sp³-hybridized carbons (Fsp3) is 0.259. The molecule has 0 bridgehead atoms. The Morgan fingerprint density at radius 1 is 1.08 bits per heavy atom. The number of aryl methyl sites for hydroxylation is 1. The van der Waals surface area contributed by atoms with Crippen molar-refractivity contribution in [2.24, 2.45) is 0 Å². The Morgan fingerprint density at radius 2 is 1.82 bits per heavy atom. The van der Waals surface area contributed by atoms with Crippen LogP contribution in [0.4, 0.5) is 5.69 Å². The third-order valence-electron chi connectivity index (χ3n) is 6.30. The molecule has 0 unspecified atom stereocenters. The molecule has 0 aliphatic rings. The van der Waals surface area contributed by atoms with Gasteiger partial charge < -0.3 is 25.2 Å². The minimum absolute atomic E-state index is 0.151. The van der Waals surface area contributed by atoms with Gasteiger partial charge in [0.15, 0.2) is 0 Å². The minimum atomic E-state index is -3.74. The highest BCUT2D eigenvalue weighted by atomic mass is 32.2. The molecule has 1 atom stereocenters. The number of rotatable bonds is 11. The van der Waals surface area contributed by atoms with Crippen molar-refractivity contribution in [2.45, 2.75) is 43.4 Å². The number of hydrogen-bond donors (Lipinski definition) is 5. The highest BCUT2D eigenvalue weighted by Gasteiger charge is 2.21.